The molecule has 0 saturated heterocycles. The molecule has 1 rings (SSSR count). The molecule has 2 heteroatoms. The summed E-state index contributed by atoms with van der Waals surface area (Å²) in [6.45, 7) is 4.19. The predicted molar refractivity (Wildman–Crippen MR) is 52.6 cm³/mol. The van der Waals surface area contributed by atoms with E-state index in [0.717, 1.165) is 19.3 Å². The molecule has 13 heavy (non-hydrogen) atoms. The smallest absolute Gasteiger partial charge is 0.158 e. The van der Waals surface area contributed by atoms with Gasteiger partial charge in [0.2, 0.25) is 0 Å². The Hall–Kier alpha value is -0.630. The summed E-state index contributed by atoms with van der Waals surface area (Å²) in [5.41, 5.74) is 0. The maximum absolute atomic E-state index is 11.3. The van der Waals surface area contributed by atoms with E-state index >= 15 is 0 Å². The first-order chi connectivity index (χ1) is 6.25. The summed E-state index contributed by atoms with van der Waals surface area (Å²) in [5.74, 6) is 0.574. The van der Waals surface area contributed by atoms with Crippen molar-refractivity contribution in [2.24, 2.45) is 5.92 Å². The van der Waals surface area contributed by atoms with Gasteiger partial charge in [0.1, 0.15) is 6.10 Å². The Balaban J connectivity index is 2.52. The van der Waals surface area contributed by atoms with E-state index < -0.39 is 0 Å². The van der Waals surface area contributed by atoms with Gasteiger partial charge in [-0.25, -0.2) is 0 Å². The van der Waals surface area contributed by atoms with Crippen LogP contribution in [0.15, 0.2) is 12.2 Å². The molecule has 0 heterocycles. The van der Waals surface area contributed by atoms with Crippen molar-refractivity contribution >= 4 is 5.78 Å². The largest absolute Gasteiger partial charge is 0.370 e. The number of hydrogen-bond donors (Lipinski definition) is 0. The van der Waals surface area contributed by atoms with Crippen molar-refractivity contribution in [2.75, 3.05) is 6.61 Å². The highest BCUT2D eigenvalue weighted by molar-refractivity contribution is 5.80. The molecule has 74 valence electrons. The minimum Gasteiger partial charge on any atom is -0.370 e. The van der Waals surface area contributed by atoms with Crippen LogP contribution in [0.4, 0.5) is 0 Å². The fraction of sp³-hybridized carbons (Fsp3) is 0.727. The first kappa shape index (κ1) is 10.5. The van der Waals surface area contributed by atoms with E-state index in [1.165, 1.54) is 0 Å². The number of carbonyl (C=O) groups excluding carboxylic acids is 1. The second kappa shape index (κ2) is 5.18. The third-order valence-corrected chi connectivity index (χ3v) is 2.48. The van der Waals surface area contributed by atoms with Crippen molar-refractivity contribution in [3.63, 3.8) is 0 Å². The third-order valence-electron chi connectivity index (χ3n) is 2.48. The van der Waals surface area contributed by atoms with Crippen LogP contribution in [0.2, 0.25) is 0 Å². The molecule has 0 saturated carbocycles. The maximum atomic E-state index is 11.3. The monoisotopic (exact) mass is 182 g/mol. The summed E-state index contributed by atoms with van der Waals surface area (Å²) in [4.78, 5) is 11.3. The molecule has 0 fully saturated rings. The Morgan fingerprint density at radius 2 is 2.38 bits per heavy atom. The summed E-state index contributed by atoms with van der Waals surface area (Å²) >= 11 is 0. The van der Waals surface area contributed by atoms with E-state index in [9.17, 15) is 4.79 Å². The van der Waals surface area contributed by atoms with Gasteiger partial charge < -0.3 is 4.74 Å². The Labute approximate surface area is 80.0 Å². The number of allylic oxidation sites excluding steroid dienone is 2. The molecule has 2 unspecified atom stereocenters. The molecule has 1 aliphatic rings. The van der Waals surface area contributed by atoms with Gasteiger partial charge in [0, 0.05) is 6.61 Å². The normalized spacial score (nSPS) is 24.3. The van der Waals surface area contributed by atoms with Crippen molar-refractivity contribution in [2.45, 2.75) is 39.2 Å². The van der Waals surface area contributed by atoms with Crippen LogP contribution in [-0.4, -0.2) is 18.5 Å². The fourth-order valence-corrected chi connectivity index (χ4v) is 1.86. The second-order valence-electron chi connectivity index (χ2n) is 3.53. The molecule has 0 aromatic rings. The highest BCUT2D eigenvalue weighted by Crippen LogP contribution is 2.24. The van der Waals surface area contributed by atoms with E-state index in [2.05, 4.69) is 12.2 Å². The van der Waals surface area contributed by atoms with E-state index in [-0.39, 0.29) is 11.9 Å². The van der Waals surface area contributed by atoms with Crippen LogP contribution in [0.1, 0.15) is 33.1 Å². The lowest BCUT2D eigenvalue weighted by Crippen LogP contribution is -2.31. The minimum absolute atomic E-state index is 0.169. The Bertz CT molecular complexity index is 196. The van der Waals surface area contributed by atoms with E-state index in [4.69, 9.17) is 4.74 Å². The molecule has 0 spiro atoms. The van der Waals surface area contributed by atoms with Gasteiger partial charge in [0.25, 0.3) is 0 Å². The predicted octanol–water partition coefficient (Wildman–Crippen LogP) is 2.34. The Kier molecular flexibility index (Phi) is 4.16. The summed E-state index contributed by atoms with van der Waals surface area (Å²) in [7, 11) is 0. The molecule has 2 atom stereocenters. The van der Waals surface area contributed by atoms with Crippen LogP contribution in [0.3, 0.4) is 0 Å². The van der Waals surface area contributed by atoms with Crippen molar-refractivity contribution in [3.8, 4) is 0 Å². The molecular weight excluding hydrogens is 164 g/mol. The molecule has 1 aliphatic carbocycles. The maximum Gasteiger partial charge on any atom is 0.158 e. The average molecular weight is 182 g/mol. The van der Waals surface area contributed by atoms with Gasteiger partial charge in [-0.3, -0.25) is 4.79 Å². The highest BCUT2D eigenvalue weighted by Gasteiger charge is 2.25. The second-order valence-corrected chi connectivity index (χ2v) is 3.53. The zero-order valence-corrected chi connectivity index (χ0v) is 8.45. The summed E-state index contributed by atoms with van der Waals surface area (Å²) in [6.07, 6.45) is 7.32. The number of ether oxygens (including phenoxy) is 1. The average Bonchev–Trinajstić information content (AvgIpc) is 2.15. The lowest BCUT2D eigenvalue weighted by atomic mass is 9.88. The molecule has 0 aromatic heterocycles. The highest BCUT2D eigenvalue weighted by atomic mass is 16.5. The molecule has 2 nitrogen and oxygen atoms in total. The standard InChI is InChI=1S/C11H18O2/c1-3-13-11(9(2)12)10-7-5-4-6-8-10/h4-5,10-11H,3,6-8H2,1-2H3. The number of carbonyl (C=O) groups is 1. The molecule has 0 radical (unpaired) electrons. The van der Waals surface area contributed by atoms with Crippen molar-refractivity contribution < 1.29 is 9.53 Å². The van der Waals surface area contributed by atoms with Gasteiger partial charge in [0.15, 0.2) is 5.78 Å². The summed E-state index contributed by atoms with van der Waals surface area (Å²) in [5, 5.41) is 0. The lowest BCUT2D eigenvalue weighted by molar-refractivity contribution is -0.131. The van der Waals surface area contributed by atoms with Crippen LogP contribution in [-0.2, 0) is 9.53 Å². The number of Topliss-reactive ketones (excluding diaryl/α,β-unsaturated/α-hetero) is 1. The van der Waals surface area contributed by atoms with Gasteiger partial charge in [-0.1, -0.05) is 12.2 Å². The van der Waals surface area contributed by atoms with Crippen molar-refractivity contribution in [3.05, 3.63) is 12.2 Å². The molecule has 0 aromatic carbocycles. The zero-order valence-electron chi connectivity index (χ0n) is 8.45. The van der Waals surface area contributed by atoms with Crippen LogP contribution in [0, 0.1) is 5.92 Å². The van der Waals surface area contributed by atoms with Crippen LogP contribution < -0.4 is 0 Å². The molecular formula is C11H18O2. The number of hydrogen-bond acceptors (Lipinski definition) is 2. The van der Waals surface area contributed by atoms with Gasteiger partial charge in [0.05, 0.1) is 0 Å². The van der Waals surface area contributed by atoms with Crippen LogP contribution >= 0.6 is 0 Å². The zero-order chi connectivity index (χ0) is 9.68. The lowest BCUT2D eigenvalue weighted by Gasteiger charge is -2.25. The van der Waals surface area contributed by atoms with Crippen molar-refractivity contribution in [1.29, 1.82) is 0 Å². The quantitative estimate of drug-likeness (QED) is 0.624. The van der Waals surface area contributed by atoms with E-state index in [1.54, 1.807) is 6.92 Å². The Morgan fingerprint density at radius 3 is 2.85 bits per heavy atom. The number of ketones is 1. The van der Waals surface area contributed by atoms with Crippen LogP contribution in [0.25, 0.3) is 0 Å². The van der Waals surface area contributed by atoms with Crippen LogP contribution in [0.5, 0.6) is 0 Å². The SMILES string of the molecule is CCOC(C(C)=O)C1CC=CCC1. The first-order valence-corrected chi connectivity index (χ1v) is 5.02. The van der Waals surface area contributed by atoms with E-state index in [1.807, 2.05) is 6.92 Å². The topological polar surface area (TPSA) is 26.3 Å². The first-order valence-electron chi connectivity index (χ1n) is 5.02. The fourth-order valence-electron chi connectivity index (χ4n) is 1.86. The van der Waals surface area contributed by atoms with Gasteiger partial charge in [-0.15, -0.1) is 0 Å². The van der Waals surface area contributed by atoms with E-state index in [0.29, 0.717) is 12.5 Å². The Morgan fingerprint density at radius 1 is 1.62 bits per heavy atom. The number of rotatable bonds is 4. The third kappa shape index (κ3) is 2.96. The molecule has 0 bridgehead atoms. The van der Waals surface area contributed by atoms with Gasteiger partial charge in [-0.2, -0.15) is 0 Å². The molecule has 0 N–H and O–H groups in total. The summed E-state index contributed by atoms with van der Waals surface area (Å²) < 4.78 is 5.46. The summed E-state index contributed by atoms with van der Waals surface area (Å²) in [6, 6.07) is 0. The molecule has 0 amide bonds. The van der Waals surface area contributed by atoms with Crippen molar-refractivity contribution in [1.82, 2.24) is 0 Å². The minimum atomic E-state index is -0.171. The van der Waals surface area contributed by atoms with Gasteiger partial charge in [-0.05, 0) is 39.0 Å². The van der Waals surface area contributed by atoms with Gasteiger partial charge >= 0.3 is 0 Å². The molecule has 0 aliphatic heterocycles.